The van der Waals surface area contributed by atoms with Crippen molar-refractivity contribution in [3.8, 4) is 0 Å². The molecule has 0 bridgehead atoms. The summed E-state index contributed by atoms with van der Waals surface area (Å²) in [6.07, 6.45) is 11.1. The Balaban J connectivity index is 1.55. The number of carbonyl (C=O) groups is 1. The lowest BCUT2D eigenvalue weighted by Crippen LogP contribution is -2.32. The normalized spacial score (nSPS) is 17.9. The van der Waals surface area contributed by atoms with Gasteiger partial charge in [0.2, 0.25) is 5.91 Å². The maximum Gasteiger partial charge on any atom is 0.244 e. The number of hydrogen-bond acceptors (Lipinski definition) is 3. The molecule has 1 saturated carbocycles. The molecule has 0 spiro atoms. The van der Waals surface area contributed by atoms with Crippen molar-refractivity contribution in [3.05, 3.63) is 18.5 Å². The molecule has 0 aliphatic heterocycles. The van der Waals surface area contributed by atoms with Crippen molar-refractivity contribution in [1.82, 2.24) is 15.1 Å². The van der Waals surface area contributed by atoms with Crippen molar-refractivity contribution in [2.75, 3.05) is 13.2 Å². The first-order valence-corrected chi connectivity index (χ1v) is 7.66. The van der Waals surface area contributed by atoms with Gasteiger partial charge < -0.3 is 10.1 Å². The van der Waals surface area contributed by atoms with Gasteiger partial charge in [-0.25, -0.2) is 0 Å². The summed E-state index contributed by atoms with van der Waals surface area (Å²) in [5.41, 5.74) is 0. The number of aromatic nitrogens is 2. The quantitative estimate of drug-likeness (QED) is 0.779. The van der Waals surface area contributed by atoms with Gasteiger partial charge in [0.15, 0.2) is 0 Å². The predicted molar refractivity (Wildman–Crippen MR) is 77.4 cm³/mol. The molecule has 20 heavy (non-hydrogen) atoms. The minimum atomic E-state index is -0.260. The van der Waals surface area contributed by atoms with Crippen molar-refractivity contribution in [3.63, 3.8) is 0 Å². The number of hydrogen-bond donors (Lipinski definition) is 1. The minimum absolute atomic E-state index is 0.00589. The van der Waals surface area contributed by atoms with Crippen LogP contribution in [0.3, 0.4) is 0 Å². The molecule has 0 aromatic carbocycles. The third-order valence-electron chi connectivity index (χ3n) is 3.83. The highest BCUT2D eigenvalue weighted by molar-refractivity contribution is 5.79. The fraction of sp³-hybridized carbons (Fsp3) is 0.733. The van der Waals surface area contributed by atoms with Crippen molar-refractivity contribution < 1.29 is 9.53 Å². The largest absolute Gasteiger partial charge is 0.378 e. The Bertz CT molecular complexity index is 386. The molecule has 1 N–H and O–H groups in total. The number of carbonyl (C=O) groups excluding carboxylic acids is 1. The van der Waals surface area contributed by atoms with Gasteiger partial charge in [0.1, 0.15) is 6.04 Å². The van der Waals surface area contributed by atoms with Crippen LogP contribution in [0.25, 0.3) is 0 Å². The molecule has 1 heterocycles. The Labute approximate surface area is 120 Å². The van der Waals surface area contributed by atoms with E-state index < -0.39 is 0 Å². The van der Waals surface area contributed by atoms with Gasteiger partial charge in [0.05, 0.1) is 6.10 Å². The second-order valence-corrected chi connectivity index (χ2v) is 5.44. The van der Waals surface area contributed by atoms with Crippen molar-refractivity contribution in [2.45, 2.75) is 57.6 Å². The van der Waals surface area contributed by atoms with Crippen LogP contribution < -0.4 is 5.32 Å². The molecule has 1 atom stereocenters. The summed E-state index contributed by atoms with van der Waals surface area (Å²) < 4.78 is 7.49. The number of rotatable bonds is 7. The van der Waals surface area contributed by atoms with Gasteiger partial charge >= 0.3 is 0 Å². The second kappa shape index (κ2) is 8.04. The van der Waals surface area contributed by atoms with Crippen LogP contribution in [0.5, 0.6) is 0 Å². The van der Waals surface area contributed by atoms with Crippen molar-refractivity contribution in [1.29, 1.82) is 0 Å². The molecule has 0 saturated heterocycles. The summed E-state index contributed by atoms with van der Waals surface area (Å²) in [4.78, 5) is 11.9. The summed E-state index contributed by atoms with van der Waals surface area (Å²) >= 11 is 0. The Hall–Kier alpha value is -1.36. The van der Waals surface area contributed by atoms with E-state index in [-0.39, 0.29) is 11.9 Å². The SMILES string of the molecule is CC(C(=O)NCCCOC1CCCCC1)n1cccn1. The van der Waals surface area contributed by atoms with Crippen LogP contribution in [-0.2, 0) is 9.53 Å². The lowest BCUT2D eigenvalue weighted by molar-refractivity contribution is -0.124. The first kappa shape index (κ1) is 15.0. The highest BCUT2D eigenvalue weighted by Crippen LogP contribution is 2.20. The van der Waals surface area contributed by atoms with Gasteiger partial charge in [-0.1, -0.05) is 19.3 Å². The summed E-state index contributed by atoms with van der Waals surface area (Å²) in [6.45, 7) is 3.25. The van der Waals surface area contributed by atoms with E-state index >= 15 is 0 Å². The molecule has 1 aliphatic rings. The molecule has 0 radical (unpaired) electrons. The van der Waals surface area contributed by atoms with Crippen LogP contribution >= 0.6 is 0 Å². The van der Waals surface area contributed by atoms with E-state index in [2.05, 4.69) is 10.4 Å². The molecule has 1 aliphatic carbocycles. The Morgan fingerprint density at radius 2 is 2.25 bits per heavy atom. The third-order valence-corrected chi connectivity index (χ3v) is 3.83. The zero-order chi connectivity index (χ0) is 14.2. The zero-order valence-electron chi connectivity index (χ0n) is 12.3. The van der Waals surface area contributed by atoms with Crippen molar-refractivity contribution >= 4 is 5.91 Å². The molecule has 1 unspecified atom stereocenters. The molecule has 1 aromatic heterocycles. The van der Waals surface area contributed by atoms with Gasteiger partial charge in [-0.15, -0.1) is 0 Å². The fourth-order valence-corrected chi connectivity index (χ4v) is 2.54. The van der Waals surface area contributed by atoms with E-state index in [9.17, 15) is 4.79 Å². The maximum atomic E-state index is 11.9. The highest BCUT2D eigenvalue weighted by Gasteiger charge is 2.15. The summed E-state index contributed by atoms with van der Waals surface area (Å²) in [5, 5.41) is 7.00. The van der Waals surface area contributed by atoms with E-state index in [1.807, 2.05) is 13.0 Å². The molecule has 1 aromatic rings. The number of amides is 1. The first-order valence-electron chi connectivity index (χ1n) is 7.66. The standard InChI is InChI=1S/C15H25N3O2/c1-13(18-11-5-10-17-18)15(19)16-9-6-12-20-14-7-3-2-4-8-14/h5,10-11,13-14H,2-4,6-9,12H2,1H3,(H,16,19). The van der Waals surface area contributed by atoms with Gasteiger partial charge in [-0.2, -0.15) is 5.10 Å². The van der Waals surface area contributed by atoms with E-state index in [1.165, 1.54) is 32.1 Å². The average molecular weight is 279 g/mol. The van der Waals surface area contributed by atoms with Crippen LogP contribution in [0.2, 0.25) is 0 Å². The van der Waals surface area contributed by atoms with Crippen LogP contribution in [0.1, 0.15) is 51.5 Å². The van der Waals surface area contributed by atoms with E-state index in [1.54, 1.807) is 17.1 Å². The maximum absolute atomic E-state index is 11.9. The van der Waals surface area contributed by atoms with Gasteiger partial charge in [0, 0.05) is 25.5 Å². The first-order chi connectivity index (χ1) is 9.77. The Kier molecular flexibility index (Phi) is 6.05. The zero-order valence-corrected chi connectivity index (χ0v) is 12.3. The van der Waals surface area contributed by atoms with Gasteiger partial charge in [0.25, 0.3) is 0 Å². The van der Waals surface area contributed by atoms with E-state index in [4.69, 9.17) is 4.74 Å². The highest BCUT2D eigenvalue weighted by atomic mass is 16.5. The molecule has 1 fully saturated rings. The number of ether oxygens (including phenoxy) is 1. The second-order valence-electron chi connectivity index (χ2n) is 5.44. The predicted octanol–water partition coefficient (Wildman–Crippen LogP) is 2.30. The monoisotopic (exact) mass is 279 g/mol. The molecule has 1 amide bonds. The summed E-state index contributed by atoms with van der Waals surface area (Å²) in [7, 11) is 0. The molecule has 112 valence electrons. The van der Waals surface area contributed by atoms with Crippen LogP contribution in [0, 0.1) is 0 Å². The topological polar surface area (TPSA) is 56.1 Å². The van der Waals surface area contributed by atoms with Gasteiger partial charge in [-0.05, 0) is 32.3 Å². The Morgan fingerprint density at radius 1 is 1.45 bits per heavy atom. The van der Waals surface area contributed by atoms with E-state index in [0.717, 1.165) is 13.0 Å². The molecular weight excluding hydrogens is 254 g/mol. The minimum Gasteiger partial charge on any atom is -0.378 e. The van der Waals surface area contributed by atoms with Crippen LogP contribution in [0.4, 0.5) is 0 Å². The molecule has 2 rings (SSSR count). The third kappa shape index (κ3) is 4.63. The number of nitrogens with zero attached hydrogens (tertiary/aromatic N) is 2. The smallest absolute Gasteiger partial charge is 0.244 e. The number of nitrogens with one attached hydrogen (secondary N) is 1. The van der Waals surface area contributed by atoms with E-state index in [0.29, 0.717) is 12.6 Å². The van der Waals surface area contributed by atoms with Crippen LogP contribution in [-0.4, -0.2) is 34.9 Å². The van der Waals surface area contributed by atoms with Crippen molar-refractivity contribution in [2.24, 2.45) is 0 Å². The lowest BCUT2D eigenvalue weighted by Gasteiger charge is -2.22. The molecule has 5 nitrogen and oxygen atoms in total. The summed E-state index contributed by atoms with van der Waals surface area (Å²) in [5.74, 6) is 0.00589. The molecular formula is C15H25N3O2. The lowest BCUT2D eigenvalue weighted by atomic mass is 9.98. The Morgan fingerprint density at radius 3 is 2.95 bits per heavy atom. The average Bonchev–Trinajstić information content (AvgIpc) is 3.01. The van der Waals surface area contributed by atoms with Gasteiger partial charge in [-0.3, -0.25) is 9.48 Å². The van der Waals surface area contributed by atoms with Crippen LogP contribution in [0.15, 0.2) is 18.5 Å². The molecule has 5 heteroatoms. The summed E-state index contributed by atoms with van der Waals surface area (Å²) in [6, 6.07) is 1.56. The fourth-order valence-electron chi connectivity index (χ4n) is 2.54.